The molecule has 1 aliphatic rings. The molecule has 0 bridgehead atoms. The molecule has 3 N–H and O–H groups in total. The standard InChI is InChI=1S/C26H28O8/c1-30-20-11-16(5-4-15-6-8-18(28)9-7-15)10-19(29)24(20)25-21(31-2)12-17(13-22(25)32-3)26-23(14-27)33-34-26/h6-13,23,26-29H,4-5,14H2,1-3H3/t23-,26-/m0/s1. The molecule has 1 saturated heterocycles. The zero-order chi connectivity index (χ0) is 24.2. The van der Waals surface area contributed by atoms with Gasteiger partial charge in [0.25, 0.3) is 0 Å². The van der Waals surface area contributed by atoms with Gasteiger partial charge in [-0.3, -0.25) is 0 Å². The molecule has 3 aromatic carbocycles. The van der Waals surface area contributed by atoms with Gasteiger partial charge in [-0.1, -0.05) is 12.1 Å². The Balaban J connectivity index is 1.70. The van der Waals surface area contributed by atoms with Crippen LogP contribution in [0, 0.1) is 0 Å². The first-order valence-electron chi connectivity index (χ1n) is 10.9. The maximum Gasteiger partial charge on any atom is 0.150 e. The lowest BCUT2D eigenvalue weighted by Crippen LogP contribution is -2.38. The Hall–Kier alpha value is -3.46. The monoisotopic (exact) mass is 468 g/mol. The summed E-state index contributed by atoms with van der Waals surface area (Å²) in [6.07, 6.45) is 0.471. The number of aryl methyl sites for hydroxylation is 2. The molecule has 0 radical (unpaired) electrons. The molecular weight excluding hydrogens is 440 g/mol. The van der Waals surface area contributed by atoms with Crippen LogP contribution in [0.25, 0.3) is 11.1 Å². The van der Waals surface area contributed by atoms with Gasteiger partial charge in [0.15, 0.2) is 0 Å². The SMILES string of the molecule is COc1cc(CCc2ccc(O)cc2)cc(O)c1-c1c(OC)cc([C@@H]2OO[C@H]2CO)cc1OC. The fraction of sp³-hybridized carbons (Fsp3) is 0.308. The number of phenols is 2. The molecule has 8 heteroatoms. The van der Waals surface area contributed by atoms with E-state index in [0.29, 0.717) is 40.4 Å². The van der Waals surface area contributed by atoms with Crippen molar-refractivity contribution in [1.82, 2.24) is 0 Å². The number of aliphatic hydroxyl groups is 1. The van der Waals surface area contributed by atoms with Gasteiger partial charge in [0, 0.05) is 0 Å². The summed E-state index contributed by atoms with van der Waals surface area (Å²) >= 11 is 0. The fourth-order valence-electron chi connectivity index (χ4n) is 4.09. The first kappa shape index (κ1) is 23.7. The van der Waals surface area contributed by atoms with Gasteiger partial charge in [0.2, 0.25) is 0 Å². The molecule has 1 heterocycles. The molecule has 2 atom stereocenters. The lowest BCUT2D eigenvalue weighted by Gasteiger charge is -2.34. The van der Waals surface area contributed by atoms with Crippen LogP contribution in [0.5, 0.6) is 28.7 Å². The minimum atomic E-state index is -0.476. The van der Waals surface area contributed by atoms with Crippen LogP contribution in [0.1, 0.15) is 22.8 Å². The van der Waals surface area contributed by atoms with Crippen LogP contribution in [-0.4, -0.2) is 49.4 Å². The van der Waals surface area contributed by atoms with Crippen LogP contribution in [0.15, 0.2) is 48.5 Å². The van der Waals surface area contributed by atoms with Crippen LogP contribution in [0.2, 0.25) is 0 Å². The first-order chi connectivity index (χ1) is 16.5. The summed E-state index contributed by atoms with van der Waals surface area (Å²) in [6.45, 7) is -0.183. The molecule has 8 nitrogen and oxygen atoms in total. The van der Waals surface area contributed by atoms with Crippen molar-refractivity contribution in [3.63, 3.8) is 0 Å². The minimum absolute atomic E-state index is 0.0286. The normalized spacial score (nSPS) is 17.2. The van der Waals surface area contributed by atoms with E-state index in [0.717, 1.165) is 17.5 Å². The Morgan fingerprint density at radius 1 is 0.735 bits per heavy atom. The highest BCUT2D eigenvalue weighted by atomic mass is 17.2. The van der Waals surface area contributed by atoms with Gasteiger partial charge in [-0.2, -0.15) is 0 Å². The van der Waals surface area contributed by atoms with Crippen LogP contribution in [0.3, 0.4) is 0 Å². The average molecular weight is 469 g/mol. The second kappa shape index (κ2) is 10.2. The minimum Gasteiger partial charge on any atom is -0.508 e. The molecule has 0 aliphatic carbocycles. The third-order valence-electron chi connectivity index (χ3n) is 5.91. The maximum atomic E-state index is 11.0. The number of methoxy groups -OCH3 is 3. The summed E-state index contributed by atoms with van der Waals surface area (Å²) in [6, 6.07) is 14.2. The van der Waals surface area contributed by atoms with E-state index in [9.17, 15) is 15.3 Å². The number of aromatic hydroxyl groups is 2. The van der Waals surface area contributed by atoms with E-state index in [1.54, 1.807) is 37.4 Å². The quantitative estimate of drug-likeness (QED) is 0.406. The topological polar surface area (TPSA) is 107 Å². The molecule has 1 fully saturated rings. The number of hydrogen-bond donors (Lipinski definition) is 3. The van der Waals surface area contributed by atoms with Gasteiger partial charge in [0.1, 0.15) is 41.0 Å². The van der Waals surface area contributed by atoms with E-state index in [1.807, 2.05) is 18.2 Å². The predicted octanol–water partition coefficient (Wildman–Crippen LogP) is 3.94. The van der Waals surface area contributed by atoms with Crippen LogP contribution >= 0.6 is 0 Å². The van der Waals surface area contributed by atoms with Gasteiger partial charge in [-0.15, -0.1) is 0 Å². The number of aliphatic hydroxyl groups excluding tert-OH is 1. The smallest absolute Gasteiger partial charge is 0.150 e. The third kappa shape index (κ3) is 4.61. The Morgan fingerprint density at radius 3 is 1.85 bits per heavy atom. The number of phenolic OH excluding ortho intramolecular Hbond substituents is 2. The Morgan fingerprint density at radius 2 is 1.32 bits per heavy atom. The molecule has 3 aromatic rings. The third-order valence-corrected chi connectivity index (χ3v) is 5.91. The van der Waals surface area contributed by atoms with Gasteiger partial charge >= 0.3 is 0 Å². The number of ether oxygens (including phenoxy) is 3. The number of hydrogen-bond acceptors (Lipinski definition) is 8. The summed E-state index contributed by atoms with van der Waals surface area (Å²) in [5, 5.41) is 29.9. The summed E-state index contributed by atoms with van der Waals surface area (Å²) in [4.78, 5) is 10.1. The van der Waals surface area contributed by atoms with E-state index in [4.69, 9.17) is 24.0 Å². The molecule has 0 unspecified atom stereocenters. The summed E-state index contributed by atoms with van der Waals surface area (Å²) in [7, 11) is 4.60. The van der Waals surface area contributed by atoms with Gasteiger partial charge in [-0.05, 0) is 65.9 Å². The summed E-state index contributed by atoms with van der Waals surface area (Å²) in [5.74, 6) is 1.63. The molecule has 0 amide bonds. The molecule has 34 heavy (non-hydrogen) atoms. The zero-order valence-electron chi connectivity index (χ0n) is 19.3. The van der Waals surface area contributed by atoms with Crippen molar-refractivity contribution in [3.8, 4) is 39.9 Å². The van der Waals surface area contributed by atoms with Crippen molar-refractivity contribution in [2.45, 2.75) is 25.0 Å². The van der Waals surface area contributed by atoms with Crippen molar-refractivity contribution < 1.29 is 39.3 Å². The molecule has 0 spiro atoms. The number of rotatable bonds is 9. The highest BCUT2D eigenvalue weighted by Gasteiger charge is 2.37. The highest BCUT2D eigenvalue weighted by Crippen LogP contribution is 2.50. The Bertz CT molecular complexity index is 1120. The summed E-state index contributed by atoms with van der Waals surface area (Å²) in [5.41, 5.74) is 3.66. The second-order valence-electron chi connectivity index (χ2n) is 7.99. The molecular formula is C26H28O8. The molecule has 0 aromatic heterocycles. The Labute approximate surface area is 197 Å². The van der Waals surface area contributed by atoms with E-state index >= 15 is 0 Å². The van der Waals surface area contributed by atoms with E-state index in [-0.39, 0.29) is 18.1 Å². The van der Waals surface area contributed by atoms with Crippen LogP contribution in [0.4, 0.5) is 0 Å². The first-order valence-corrected chi connectivity index (χ1v) is 10.9. The van der Waals surface area contributed by atoms with Gasteiger partial charge in [0.05, 0.1) is 39.1 Å². The zero-order valence-corrected chi connectivity index (χ0v) is 19.3. The second-order valence-corrected chi connectivity index (χ2v) is 7.99. The number of benzene rings is 3. The average Bonchev–Trinajstić information content (AvgIpc) is 2.82. The van der Waals surface area contributed by atoms with Crippen molar-refractivity contribution in [3.05, 3.63) is 65.2 Å². The molecule has 1 aliphatic heterocycles. The van der Waals surface area contributed by atoms with E-state index in [1.165, 1.54) is 14.2 Å². The van der Waals surface area contributed by atoms with Gasteiger partial charge < -0.3 is 29.5 Å². The largest absolute Gasteiger partial charge is 0.508 e. The van der Waals surface area contributed by atoms with Crippen molar-refractivity contribution >= 4 is 0 Å². The lowest BCUT2D eigenvalue weighted by atomic mass is 9.94. The highest BCUT2D eigenvalue weighted by molar-refractivity contribution is 5.86. The van der Waals surface area contributed by atoms with Gasteiger partial charge in [-0.25, -0.2) is 9.78 Å². The van der Waals surface area contributed by atoms with Crippen LogP contribution < -0.4 is 14.2 Å². The fourth-order valence-corrected chi connectivity index (χ4v) is 4.09. The lowest BCUT2D eigenvalue weighted by molar-refractivity contribution is -0.473. The van der Waals surface area contributed by atoms with Crippen molar-refractivity contribution in [1.29, 1.82) is 0 Å². The molecule has 0 saturated carbocycles. The predicted molar refractivity (Wildman–Crippen MR) is 124 cm³/mol. The van der Waals surface area contributed by atoms with Crippen molar-refractivity contribution in [2.75, 3.05) is 27.9 Å². The molecule has 180 valence electrons. The summed E-state index contributed by atoms with van der Waals surface area (Å²) < 4.78 is 16.9. The van der Waals surface area contributed by atoms with Crippen molar-refractivity contribution in [2.24, 2.45) is 0 Å². The van der Waals surface area contributed by atoms with E-state index in [2.05, 4.69) is 0 Å². The maximum absolute atomic E-state index is 11.0. The van der Waals surface area contributed by atoms with Crippen LogP contribution in [-0.2, 0) is 22.6 Å². The van der Waals surface area contributed by atoms with E-state index < -0.39 is 12.2 Å². The Kier molecular flexibility index (Phi) is 7.12. The molecule has 4 rings (SSSR count).